The predicted octanol–water partition coefficient (Wildman–Crippen LogP) is 4.30. The van der Waals surface area contributed by atoms with Crippen LogP contribution in [-0.4, -0.2) is 54.5 Å². The number of carbonyl (C=O) groups is 1. The van der Waals surface area contributed by atoms with E-state index in [-0.39, 0.29) is 30.3 Å². The molecule has 0 unspecified atom stereocenters. The second-order valence-electron chi connectivity index (χ2n) is 10.1. The number of hydrogen-bond donors (Lipinski definition) is 1. The zero-order chi connectivity index (χ0) is 23.9. The number of methoxy groups -OCH3 is 1. The highest BCUT2D eigenvalue weighted by molar-refractivity contribution is 5.68. The first-order valence-electron chi connectivity index (χ1n) is 12.0. The minimum atomic E-state index is -0.971. The van der Waals surface area contributed by atoms with Crippen molar-refractivity contribution in [3.63, 3.8) is 0 Å². The summed E-state index contributed by atoms with van der Waals surface area (Å²) in [5.41, 5.74) is 1.80. The smallest absolute Gasteiger partial charge is 0.341 e. The van der Waals surface area contributed by atoms with Crippen molar-refractivity contribution in [2.45, 2.75) is 51.0 Å². The predicted molar refractivity (Wildman–Crippen MR) is 126 cm³/mol. The van der Waals surface area contributed by atoms with E-state index in [0.29, 0.717) is 11.7 Å². The van der Waals surface area contributed by atoms with E-state index in [1.807, 2.05) is 36.4 Å². The Bertz CT molecular complexity index is 1050. The van der Waals surface area contributed by atoms with Gasteiger partial charge in [0.15, 0.2) is 6.61 Å². The van der Waals surface area contributed by atoms with Gasteiger partial charge in [0.25, 0.3) is 0 Å². The average Bonchev–Trinajstić information content (AvgIpc) is 2.82. The summed E-state index contributed by atoms with van der Waals surface area (Å²) in [6, 6.07) is 13.7. The van der Waals surface area contributed by atoms with E-state index in [1.165, 1.54) is 0 Å². The summed E-state index contributed by atoms with van der Waals surface area (Å²) in [6.07, 6.45) is 2.27. The van der Waals surface area contributed by atoms with Crippen LogP contribution in [0, 0.1) is 11.8 Å². The zero-order valence-electron chi connectivity index (χ0n) is 20.0. The Labute approximate surface area is 200 Å². The van der Waals surface area contributed by atoms with Crippen LogP contribution in [0.25, 0.3) is 0 Å². The first kappa shape index (κ1) is 23.0. The molecule has 34 heavy (non-hydrogen) atoms. The molecule has 5 rings (SSSR count). The Balaban J connectivity index is 1.30. The van der Waals surface area contributed by atoms with E-state index in [1.54, 1.807) is 7.11 Å². The Hall–Kier alpha value is -2.77. The summed E-state index contributed by atoms with van der Waals surface area (Å²) in [7, 11) is 1.67. The minimum Gasteiger partial charge on any atom is -0.497 e. The SMILES string of the molecule is COc1ccc2c(c1)OC(C)(C)[C@H]1C[C@@H]3CN(Cc4ccccc4OCC(=O)O)CC[C@@H]3O[C@H]21. The summed E-state index contributed by atoms with van der Waals surface area (Å²) in [4.78, 5) is 13.4. The van der Waals surface area contributed by atoms with E-state index in [2.05, 4.69) is 24.8 Å². The molecule has 3 aliphatic rings. The molecule has 2 aromatic carbocycles. The highest BCUT2D eigenvalue weighted by Crippen LogP contribution is 2.53. The molecule has 3 aliphatic heterocycles. The van der Waals surface area contributed by atoms with Gasteiger partial charge in [-0.1, -0.05) is 18.2 Å². The van der Waals surface area contributed by atoms with Crippen LogP contribution in [0.2, 0.25) is 0 Å². The van der Waals surface area contributed by atoms with Crippen molar-refractivity contribution < 1.29 is 28.8 Å². The fourth-order valence-corrected chi connectivity index (χ4v) is 5.79. The van der Waals surface area contributed by atoms with Crippen molar-refractivity contribution in [2.75, 3.05) is 26.8 Å². The molecule has 0 spiro atoms. The van der Waals surface area contributed by atoms with Crippen LogP contribution in [-0.2, 0) is 16.1 Å². The van der Waals surface area contributed by atoms with E-state index in [9.17, 15) is 4.79 Å². The molecule has 0 radical (unpaired) electrons. The Morgan fingerprint density at radius 1 is 1.24 bits per heavy atom. The molecule has 0 aliphatic carbocycles. The first-order valence-corrected chi connectivity index (χ1v) is 12.0. The van der Waals surface area contributed by atoms with Crippen LogP contribution in [0.15, 0.2) is 42.5 Å². The number of ether oxygens (including phenoxy) is 4. The van der Waals surface area contributed by atoms with Crippen molar-refractivity contribution in [1.29, 1.82) is 0 Å². The quantitative estimate of drug-likeness (QED) is 0.679. The summed E-state index contributed by atoms with van der Waals surface area (Å²) in [5.74, 6) is 2.01. The molecule has 2 saturated heterocycles. The van der Waals surface area contributed by atoms with Crippen molar-refractivity contribution in [1.82, 2.24) is 4.90 Å². The molecule has 2 aromatic rings. The van der Waals surface area contributed by atoms with Gasteiger partial charge in [-0.3, -0.25) is 4.90 Å². The third kappa shape index (κ3) is 4.46. The Kier molecular flexibility index (Phi) is 6.16. The highest BCUT2D eigenvalue weighted by Gasteiger charge is 2.51. The van der Waals surface area contributed by atoms with Crippen LogP contribution in [0.5, 0.6) is 17.2 Å². The maximum Gasteiger partial charge on any atom is 0.341 e. The number of carboxylic acid groups (broad SMARTS) is 1. The van der Waals surface area contributed by atoms with Crippen molar-refractivity contribution >= 4 is 5.97 Å². The van der Waals surface area contributed by atoms with E-state index >= 15 is 0 Å². The fourth-order valence-electron chi connectivity index (χ4n) is 5.79. The van der Waals surface area contributed by atoms with Gasteiger partial charge in [-0.25, -0.2) is 4.79 Å². The molecular formula is C27H33NO6. The maximum atomic E-state index is 10.9. The molecule has 1 N–H and O–H groups in total. The molecule has 0 bridgehead atoms. The monoisotopic (exact) mass is 467 g/mol. The summed E-state index contributed by atoms with van der Waals surface area (Å²) in [6.45, 7) is 6.59. The Morgan fingerprint density at radius 2 is 2.06 bits per heavy atom. The molecule has 2 fully saturated rings. The van der Waals surface area contributed by atoms with E-state index in [4.69, 9.17) is 24.1 Å². The first-order chi connectivity index (χ1) is 16.3. The number of benzene rings is 2. The van der Waals surface area contributed by atoms with E-state index in [0.717, 1.165) is 55.1 Å². The van der Waals surface area contributed by atoms with Crippen molar-refractivity contribution in [3.05, 3.63) is 53.6 Å². The van der Waals surface area contributed by atoms with Gasteiger partial charge in [-0.2, -0.15) is 0 Å². The maximum absolute atomic E-state index is 10.9. The Morgan fingerprint density at radius 3 is 2.85 bits per heavy atom. The van der Waals surface area contributed by atoms with Crippen molar-refractivity contribution in [3.8, 4) is 17.2 Å². The molecule has 4 atom stereocenters. The lowest BCUT2D eigenvalue weighted by Gasteiger charge is -2.53. The number of carboxylic acids is 1. The molecule has 0 saturated carbocycles. The topological polar surface area (TPSA) is 77.5 Å². The lowest BCUT2D eigenvalue weighted by Crippen LogP contribution is -2.55. The molecule has 182 valence electrons. The number of likely N-dealkylation sites (tertiary alicyclic amines) is 1. The molecule has 0 aromatic heterocycles. The highest BCUT2D eigenvalue weighted by atomic mass is 16.5. The van der Waals surface area contributed by atoms with Gasteiger partial charge in [-0.15, -0.1) is 0 Å². The van der Waals surface area contributed by atoms with Crippen LogP contribution < -0.4 is 14.2 Å². The van der Waals surface area contributed by atoms with Crippen LogP contribution >= 0.6 is 0 Å². The number of fused-ring (bicyclic) bond motifs is 4. The van der Waals surface area contributed by atoms with Crippen LogP contribution in [0.1, 0.15) is 43.9 Å². The third-order valence-corrected chi connectivity index (χ3v) is 7.50. The van der Waals surface area contributed by atoms with Gasteiger partial charge < -0.3 is 24.1 Å². The van der Waals surface area contributed by atoms with Crippen LogP contribution in [0.3, 0.4) is 0 Å². The lowest BCUT2D eigenvalue weighted by atomic mass is 9.70. The fraction of sp³-hybridized carbons (Fsp3) is 0.519. The van der Waals surface area contributed by atoms with Crippen molar-refractivity contribution in [2.24, 2.45) is 11.8 Å². The number of para-hydroxylation sites is 1. The third-order valence-electron chi connectivity index (χ3n) is 7.50. The standard InChI is InChI=1S/C27H33NO6/c1-27(2)21-12-18-15-28(14-17-6-4-5-7-22(17)32-16-25(29)30)11-10-23(18)33-26(21)20-9-8-19(31-3)13-24(20)34-27/h4-9,13,18,21,23,26H,10-12,14-16H2,1-3H3,(H,29,30)/t18-,21+,23+,26-/m1/s1. The molecule has 7 nitrogen and oxygen atoms in total. The number of piperidine rings is 1. The normalized spacial score (nSPS) is 27.5. The molecular weight excluding hydrogens is 434 g/mol. The number of nitrogens with zero attached hydrogens (tertiary/aromatic N) is 1. The van der Waals surface area contributed by atoms with Gasteiger partial charge in [0.05, 0.1) is 19.3 Å². The second-order valence-corrected chi connectivity index (χ2v) is 10.1. The summed E-state index contributed by atoms with van der Waals surface area (Å²) < 4.78 is 24.2. The second kappa shape index (κ2) is 9.12. The van der Waals surface area contributed by atoms with Gasteiger partial charge >= 0.3 is 5.97 Å². The number of hydrogen-bond acceptors (Lipinski definition) is 6. The van der Waals surface area contributed by atoms with Gasteiger partial charge in [0, 0.05) is 42.7 Å². The number of aliphatic carboxylic acids is 1. The zero-order valence-corrected chi connectivity index (χ0v) is 20.0. The van der Waals surface area contributed by atoms with E-state index < -0.39 is 5.97 Å². The van der Waals surface area contributed by atoms with Gasteiger partial charge in [0.1, 0.15) is 22.8 Å². The molecule has 0 amide bonds. The minimum absolute atomic E-state index is 0.0302. The largest absolute Gasteiger partial charge is 0.497 e. The summed E-state index contributed by atoms with van der Waals surface area (Å²) in [5, 5.41) is 8.98. The average molecular weight is 468 g/mol. The lowest BCUT2D eigenvalue weighted by molar-refractivity contribution is -0.187. The summed E-state index contributed by atoms with van der Waals surface area (Å²) >= 11 is 0. The van der Waals surface area contributed by atoms with Crippen LogP contribution in [0.4, 0.5) is 0 Å². The number of rotatable bonds is 6. The van der Waals surface area contributed by atoms with Gasteiger partial charge in [-0.05, 0) is 50.8 Å². The molecule has 3 heterocycles. The molecule has 7 heteroatoms. The van der Waals surface area contributed by atoms with Gasteiger partial charge in [0.2, 0.25) is 0 Å².